The molecule has 0 aliphatic heterocycles. The first-order valence-electron chi connectivity index (χ1n) is 2.85. The third-order valence-corrected chi connectivity index (χ3v) is 1.33. The molecule has 0 amide bonds. The van der Waals surface area contributed by atoms with Gasteiger partial charge in [0.2, 0.25) is 5.88 Å². The number of nitrogens with zero attached hydrogens (tertiary/aromatic N) is 2. The lowest BCUT2D eigenvalue weighted by Crippen LogP contribution is -1.78. The first-order chi connectivity index (χ1) is 4.88. The van der Waals surface area contributed by atoms with Crippen LogP contribution in [0.4, 0.5) is 0 Å². The zero-order chi connectivity index (χ0) is 6.97. The molecule has 0 aliphatic carbocycles. The van der Waals surface area contributed by atoms with Crippen LogP contribution < -0.4 is 0 Å². The van der Waals surface area contributed by atoms with Gasteiger partial charge in [0.25, 0.3) is 0 Å². The summed E-state index contributed by atoms with van der Waals surface area (Å²) >= 11 is 0. The van der Waals surface area contributed by atoms with Gasteiger partial charge in [0.1, 0.15) is 11.8 Å². The summed E-state index contributed by atoms with van der Waals surface area (Å²) in [6.45, 7) is 0. The van der Waals surface area contributed by atoms with Gasteiger partial charge in [-0.25, -0.2) is 9.97 Å². The van der Waals surface area contributed by atoms with Crippen LogP contribution in [-0.2, 0) is 0 Å². The second-order valence-electron chi connectivity index (χ2n) is 1.94. The van der Waals surface area contributed by atoms with Crippen molar-refractivity contribution in [3.8, 4) is 5.88 Å². The number of hydrogen-bond acceptors (Lipinski definition) is 3. The van der Waals surface area contributed by atoms with Gasteiger partial charge in [-0.15, -0.1) is 0 Å². The normalized spacial score (nSPS) is 10.4. The average molecular weight is 135 g/mol. The van der Waals surface area contributed by atoms with Crippen molar-refractivity contribution in [1.82, 2.24) is 15.0 Å². The number of rotatable bonds is 0. The minimum absolute atomic E-state index is 0.00463. The van der Waals surface area contributed by atoms with E-state index in [0.717, 1.165) is 5.52 Å². The molecule has 2 aromatic rings. The predicted octanol–water partition coefficient (Wildman–Crippen LogP) is 0.663. The molecular formula is C6H5N3O. The fourth-order valence-corrected chi connectivity index (χ4v) is 0.858. The van der Waals surface area contributed by atoms with E-state index >= 15 is 0 Å². The molecule has 0 saturated carbocycles. The Hall–Kier alpha value is -1.58. The van der Waals surface area contributed by atoms with Crippen LogP contribution in [0.2, 0.25) is 0 Å². The molecule has 50 valence electrons. The molecule has 0 saturated heterocycles. The van der Waals surface area contributed by atoms with Crippen molar-refractivity contribution in [3.05, 3.63) is 18.6 Å². The molecular weight excluding hydrogens is 130 g/mol. The van der Waals surface area contributed by atoms with Crippen LogP contribution >= 0.6 is 0 Å². The summed E-state index contributed by atoms with van der Waals surface area (Å²) in [5, 5.41) is 9.08. The second kappa shape index (κ2) is 1.70. The Labute approximate surface area is 56.6 Å². The Bertz CT molecular complexity index is 355. The summed E-state index contributed by atoms with van der Waals surface area (Å²) < 4.78 is 0. The van der Waals surface area contributed by atoms with E-state index in [-0.39, 0.29) is 5.88 Å². The second-order valence-corrected chi connectivity index (χ2v) is 1.94. The molecule has 10 heavy (non-hydrogen) atoms. The van der Waals surface area contributed by atoms with Crippen molar-refractivity contribution in [2.24, 2.45) is 0 Å². The third-order valence-electron chi connectivity index (χ3n) is 1.33. The summed E-state index contributed by atoms with van der Waals surface area (Å²) in [4.78, 5) is 10.3. The van der Waals surface area contributed by atoms with E-state index in [1.54, 1.807) is 12.3 Å². The highest BCUT2D eigenvalue weighted by molar-refractivity contribution is 5.78. The highest BCUT2D eigenvalue weighted by atomic mass is 16.3. The monoisotopic (exact) mass is 135 g/mol. The number of hydrogen-bond donors (Lipinski definition) is 2. The largest absolute Gasteiger partial charge is 0.492 e. The van der Waals surface area contributed by atoms with Gasteiger partial charge < -0.3 is 10.1 Å². The Morgan fingerprint density at radius 1 is 1.40 bits per heavy atom. The molecule has 0 aliphatic rings. The van der Waals surface area contributed by atoms with Gasteiger partial charge in [0.05, 0.1) is 5.52 Å². The summed E-state index contributed by atoms with van der Waals surface area (Å²) in [6.07, 6.45) is 3.03. The Morgan fingerprint density at radius 3 is 3.10 bits per heavy atom. The highest BCUT2D eigenvalue weighted by Crippen LogP contribution is 2.15. The Kier molecular flexibility index (Phi) is 0.887. The van der Waals surface area contributed by atoms with Crippen molar-refractivity contribution in [2.45, 2.75) is 0 Å². The SMILES string of the molecule is Oc1ncnc2cc[nH]c12. The van der Waals surface area contributed by atoms with Crippen LogP contribution in [0.5, 0.6) is 5.88 Å². The summed E-state index contributed by atoms with van der Waals surface area (Å²) in [5.74, 6) is -0.00463. The molecule has 0 spiro atoms. The summed E-state index contributed by atoms with van der Waals surface area (Å²) in [7, 11) is 0. The van der Waals surface area contributed by atoms with Crippen molar-refractivity contribution in [3.63, 3.8) is 0 Å². The maximum atomic E-state index is 9.08. The lowest BCUT2D eigenvalue weighted by atomic mass is 10.4. The van der Waals surface area contributed by atoms with Gasteiger partial charge >= 0.3 is 0 Å². The molecule has 0 unspecified atom stereocenters. The lowest BCUT2D eigenvalue weighted by Gasteiger charge is -1.89. The van der Waals surface area contributed by atoms with Crippen LogP contribution in [0.1, 0.15) is 0 Å². The molecule has 0 atom stereocenters. The minimum Gasteiger partial charge on any atom is -0.492 e. The van der Waals surface area contributed by atoms with E-state index in [4.69, 9.17) is 5.11 Å². The van der Waals surface area contributed by atoms with Crippen LogP contribution in [0.25, 0.3) is 11.0 Å². The average Bonchev–Trinajstić information content (AvgIpc) is 2.36. The third kappa shape index (κ3) is 0.556. The van der Waals surface area contributed by atoms with E-state index in [2.05, 4.69) is 15.0 Å². The van der Waals surface area contributed by atoms with Crippen LogP contribution in [0, 0.1) is 0 Å². The van der Waals surface area contributed by atoms with Crippen LogP contribution in [0.15, 0.2) is 18.6 Å². The quantitative estimate of drug-likeness (QED) is 0.557. The lowest BCUT2D eigenvalue weighted by molar-refractivity contribution is 0.458. The molecule has 2 aromatic heterocycles. The zero-order valence-corrected chi connectivity index (χ0v) is 5.07. The first kappa shape index (κ1) is 5.22. The van der Waals surface area contributed by atoms with Gasteiger partial charge in [0.15, 0.2) is 0 Å². The van der Waals surface area contributed by atoms with E-state index in [1.165, 1.54) is 6.33 Å². The molecule has 4 nitrogen and oxygen atoms in total. The van der Waals surface area contributed by atoms with Crippen molar-refractivity contribution in [1.29, 1.82) is 0 Å². The van der Waals surface area contributed by atoms with Gasteiger partial charge in [-0.1, -0.05) is 0 Å². The zero-order valence-electron chi connectivity index (χ0n) is 5.07. The molecule has 2 heterocycles. The van der Waals surface area contributed by atoms with Crippen molar-refractivity contribution >= 4 is 11.0 Å². The summed E-state index contributed by atoms with van der Waals surface area (Å²) in [6, 6.07) is 1.77. The number of aromatic amines is 1. The van der Waals surface area contributed by atoms with E-state index in [0.29, 0.717) is 5.52 Å². The Balaban J connectivity index is 2.95. The van der Waals surface area contributed by atoms with E-state index in [1.807, 2.05) is 0 Å². The first-order valence-corrected chi connectivity index (χ1v) is 2.85. The fraction of sp³-hybridized carbons (Fsp3) is 0. The fourth-order valence-electron chi connectivity index (χ4n) is 0.858. The molecule has 0 aromatic carbocycles. The smallest absolute Gasteiger partial charge is 0.239 e. The predicted molar refractivity (Wildman–Crippen MR) is 35.6 cm³/mol. The van der Waals surface area contributed by atoms with Crippen molar-refractivity contribution < 1.29 is 5.11 Å². The number of H-pyrrole nitrogens is 1. The molecule has 0 fully saturated rings. The van der Waals surface area contributed by atoms with Gasteiger partial charge in [-0.3, -0.25) is 0 Å². The van der Waals surface area contributed by atoms with Gasteiger partial charge in [-0.2, -0.15) is 0 Å². The van der Waals surface area contributed by atoms with Gasteiger partial charge in [0, 0.05) is 6.20 Å². The number of aromatic nitrogens is 3. The molecule has 0 bridgehead atoms. The van der Waals surface area contributed by atoms with E-state index in [9.17, 15) is 0 Å². The summed E-state index contributed by atoms with van der Waals surface area (Å²) in [5.41, 5.74) is 1.31. The van der Waals surface area contributed by atoms with Crippen LogP contribution in [0.3, 0.4) is 0 Å². The maximum absolute atomic E-state index is 9.08. The molecule has 4 heteroatoms. The highest BCUT2D eigenvalue weighted by Gasteiger charge is 1.99. The number of aromatic hydroxyl groups is 1. The number of nitrogens with one attached hydrogen (secondary N) is 1. The molecule has 2 rings (SSSR count). The Morgan fingerprint density at radius 2 is 2.30 bits per heavy atom. The molecule has 0 radical (unpaired) electrons. The van der Waals surface area contributed by atoms with Crippen molar-refractivity contribution in [2.75, 3.05) is 0 Å². The van der Waals surface area contributed by atoms with Crippen LogP contribution in [-0.4, -0.2) is 20.1 Å². The van der Waals surface area contributed by atoms with E-state index < -0.39 is 0 Å². The number of fused-ring (bicyclic) bond motifs is 1. The standard InChI is InChI=1S/C6H5N3O/c10-6-5-4(1-2-7-5)8-3-9-6/h1-3,7H,(H,8,9,10). The van der Waals surface area contributed by atoms with Gasteiger partial charge in [-0.05, 0) is 6.07 Å². The topological polar surface area (TPSA) is 61.8 Å². The maximum Gasteiger partial charge on any atom is 0.239 e. The minimum atomic E-state index is -0.00463. The molecule has 2 N–H and O–H groups in total.